The van der Waals surface area contributed by atoms with Crippen LogP contribution in [0, 0.1) is 0 Å². The molecule has 0 rings (SSSR count). The summed E-state index contributed by atoms with van der Waals surface area (Å²) >= 11 is 0. The summed E-state index contributed by atoms with van der Waals surface area (Å²) in [7, 11) is -4.92. The van der Waals surface area contributed by atoms with Gasteiger partial charge in [-0.3, -0.25) is 0 Å². The molecule has 0 spiro atoms. The van der Waals surface area contributed by atoms with Gasteiger partial charge in [0.25, 0.3) is 0 Å². The molecule has 37 heavy (non-hydrogen) atoms. The van der Waals surface area contributed by atoms with E-state index in [4.69, 9.17) is 0 Å². The Kier molecular flexibility index (Phi) is 27.7. The number of rotatable bonds is 17. The normalized spacial score (nSPS) is 13.3. The Morgan fingerprint density at radius 2 is 1.08 bits per heavy atom. The molecule has 0 aliphatic carbocycles. The van der Waals surface area contributed by atoms with Crippen LogP contribution in [0.15, 0.2) is 69.4 Å². The minimum absolute atomic E-state index is 0. The Morgan fingerprint density at radius 3 is 1.57 bits per heavy atom. The van der Waals surface area contributed by atoms with E-state index in [2.05, 4.69) is 77.3 Å². The molecule has 0 aliphatic rings. The fraction of sp³-hybridized carbons (Fsp3) is 0.600. The average molecular weight is 551 g/mol. The zero-order valence-corrected chi connectivity index (χ0v) is 30.4. The molecule has 0 saturated carbocycles. The molecular formula is C30H49Na2O4P. The first-order valence-electron chi connectivity index (χ1n) is 12.9. The maximum absolute atomic E-state index is 10.7. The van der Waals surface area contributed by atoms with E-state index in [1.807, 2.05) is 6.92 Å². The molecular weight excluding hydrogens is 501 g/mol. The van der Waals surface area contributed by atoms with Gasteiger partial charge in [-0.25, -0.2) is 0 Å². The number of hydrogen-bond donors (Lipinski definition) is 0. The van der Waals surface area contributed by atoms with E-state index in [1.54, 1.807) is 6.08 Å². The van der Waals surface area contributed by atoms with Crippen LogP contribution in [0.5, 0.6) is 0 Å². The summed E-state index contributed by atoms with van der Waals surface area (Å²) in [5.41, 5.74) is 9.48. The Hall–Kier alpha value is 0.550. The van der Waals surface area contributed by atoms with Gasteiger partial charge >= 0.3 is 59.1 Å². The first kappa shape index (κ1) is 42.0. The van der Waals surface area contributed by atoms with Crippen molar-refractivity contribution in [3.63, 3.8) is 0 Å². The Morgan fingerprint density at radius 1 is 0.622 bits per heavy atom. The molecule has 0 aromatic heterocycles. The van der Waals surface area contributed by atoms with Crippen molar-refractivity contribution >= 4 is 7.82 Å². The minimum Gasteiger partial charge on any atom is -0.790 e. The molecule has 0 saturated heterocycles. The molecule has 0 N–H and O–H groups in total. The second kappa shape index (κ2) is 24.4. The van der Waals surface area contributed by atoms with Gasteiger partial charge in [-0.15, -0.1) is 0 Å². The van der Waals surface area contributed by atoms with Crippen LogP contribution >= 0.6 is 7.82 Å². The van der Waals surface area contributed by atoms with Crippen LogP contribution in [0.3, 0.4) is 0 Å². The quantitative estimate of drug-likeness (QED) is 0.159. The van der Waals surface area contributed by atoms with Crippen LogP contribution in [-0.2, 0) is 9.09 Å². The van der Waals surface area contributed by atoms with E-state index >= 15 is 0 Å². The van der Waals surface area contributed by atoms with E-state index in [-0.39, 0.29) is 65.7 Å². The topological polar surface area (TPSA) is 72.4 Å². The van der Waals surface area contributed by atoms with Crippen molar-refractivity contribution in [3.8, 4) is 0 Å². The first-order valence-corrected chi connectivity index (χ1v) is 14.3. The first-order chi connectivity index (χ1) is 16.3. The van der Waals surface area contributed by atoms with Crippen molar-refractivity contribution in [1.29, 1.82) is 0 Å². The summed E-state index contributed by atoms with van der Waals surface area (Å²) in [4.78, 5) is 21.3. The molecule has 0 aromatic carbocycles. The summed E-state index contributed by atoms with van der Waals surface area (Å²) < 4.78 is 15.0. The molecule has 0 fully saturated rings. The second-order valence-corrected chi connectivity index (χ2v) is 11.3. The summed E-state index contributed by atoms with van der Waals surface area (Å²) in [6.07, 6.45) is 20.1. The van der Waals surface area contributed by atoms with E-state index in [1.165, 1.54) is 33.4 Å². The van der Waals surface area contributed by atoms with Gasteiger partial charge < -0.3 is 18.9 Å². The summed E-state index contributed by atoms with van der Waals surface area (Å²) in [5.74, 6) is 0. The smallest absolute Gasteiger partial charge is 0.790 e. The van der Waals surface area contributed by atoms with Gasteiger partial charge in [0.15, 0.2) is 0 Å². The maximum atomic E-state index is 10.7. The maximum Gasteiger partial charge on any atom is 1.00 e. The fourth-order valence-corrected chi connectivity index (χ4v) is 3.86. The molecule has 200 valence electrons. The van der Waals surface area contributed by atoms with Crippen LogP contribution in [-0.4, -0.2) is 6.61 Å². The van der Waals surface area contributed by atoms with E-state index in [0.29, 0.717) is 0 Å². The molecule has 0 heterocycles. The predicted octanol–water partition coefficient (Wildman–Crippen LogP) is 2.44. The number of phosphoric acid groups is 1. The molecule has 0 atom stereocenters. The van der Waals surface area contributed by atoms with Crippen LogP contribution in [0.2, 0.25) is 0 Å². The van der Waals surface area contributed by atoms with Gasteiger partial charge in [-0.2, -0.15) is 0 Å². The third-order valence-corrected chi connectivity index (χ3v) is 6.45. The van der Waals surface area contributed by atoms with Crippen LogP contribution in [0.1, 0.15) is 113 Å². The van der Waals surface area contributed by atoms with Gasteiger partial charge in [0, 0.05) is 0 Å². The molecule has 0 aromatic rings. The van der Waals surface area contributed by atoms with Crippen molar-refractivity contribution in [3.05, 3.63) is 69.4 Å². The van der Waals surface area contributed by atoms with Crippen molar-refractivity contribution < 1.29 is 78.0 Å². The number of allylic oxidation sites excluding steroid dienone is 11. The Balaban J connectivity index is -0.00000578. The zero-order valence-electron chi connectivity index (χ0n) is 25.5. The van der Waals surface area contributed by atoms with Crippen LogP contribution in [0.4, 0.5) is 0 Å². The molecule has 0 unspecified atom stereocenters. The van der Waals surface area contributed by atoms with Gasteiger partial charge in [-0.05, 0) is 113 Å². The van der Waals surface area contributed by atoms with E-state index in [0.717, 1.165) is 63.4 Å². The number of phosphoric ester groups is 1. The Labute approximate surface area is 272 Å². The summed E-state index contributed by atoms with van der Waals surface area (Å²) in [6, 6.07) is 0. The second-order valence-electron chi connectivity index (χ2n) is 10.2. The predicted molar refractivity (Wildman–Crippen MR) is 148 cm³/mol. The standard InChI is InChI=1S/C30H51O4P.2Na/c1-24(2)12-9-14-26(5)16-11-17-29(8)30(20-18-27(6)15-10-13-25(3)4)21-19-28(7)22-23-34-35(31,32)33;;/h12-13,16,18,22H,9-11,14-15,17,19-21,23H2,1-8H3,(H2,31,32,33);;/q;2*+1/p-2/b26-16+,27-18+,28-22-,30-29+;;. The molecule has 0 bridgehead atoms. The molecule has 0 radical (unpaired) electrons. The van der Waals surface area contributed by atoms with Crippen molar-refractivity contribution in [2.24, 2.45) is 0 Å². The molecule has 4 nitrogen and oxygen atoms in total. The summed E-state index contributed by atoms with van der Waals surface area (Å²) in [5, 5.41) is 0. The largest absolute Gasteiger partial charge is 1.00 e. The van der Waals surface area contributed by atoms with E-state index in [9.17, 15) is 14.4 Å². The van der Waals surface area contributed by atoms with E-state index < -0.39 is 7.82 Å². The number of hydrogen-bond acceptors (Lipinski definition) is 4. The average Bonchev–Trinajstić information content (AvgIpc) is 2.72. The Bertz CT molecular complexity index is 866. The fourth-order valence-electron chi connectivity index (χ4n) is 3.60. The van der Waals surface area contributed by atoms with Crippen molar-refractivity contribution in [1.82, 2.24) is 0 Å². The van der Waals surface area contributed by atoms with Gasteiger partial charge in [-0.1, -0.05) is 69.4 Å². The third-order valence-electron chi connectivity index (χ3n) is 5.98. The minimum atomic E-state index is -4.92. The molecule has 0 aliphatic heterocycles. The van der Waals surface area contributed by atoms with Crippen molar-refractivity contribution in [2.75, 3.05) is 6.61 Å². The SMILES string of the molecule is CC(C)=CCC/C(C)=C/CC/C(C)=C(\C/C=C(\C)CCC=C(C)C)CC/C(C)=C\COP(=O)([O-])[O-].[Na+].[Na+]. The van der Waals surface area contributed by atoms with Crippen molar-refractivity contribution in [2.45, 2.75) is 113 Å². The van der Waals surface area contributed by atoms with Gasteiger partial charge in [0.2, 0.25) is 0 Å². The molecule has 0 amide bonds. The summed E-state index contributed by atoms with van der Waals surface area (Å²) in [6.45, 7) is 17.0. The zero-order chi connectivity index (χ0) is 26.9. The monoisotopic (exact) mass is 550 g/mol. The van der Waals surface area contributed by atoms with Crippen LogP contribution < -0.4 is 68.9 Å². The van der Waals surface area contributed by atoms with Crippen LogP contribution in [0.25, 0.3) is 0 Å². The third kappa shape index (κ3) is 27.9. The van der Waals surface area contributed by atoms with Gasteiger partial charge in [0.05, 0.1) is 14.4 Å². The van der Waals surface area contributed by atoms with Gasteiger partial charge in [0.1, 0.15) is 0 Å². The molecule has 7 heteroatoms.